The molecule has 0 saturated heterocycles. The summed E-state index contributed by atoms with van der Waals surface area (Å²) >= 11 is 11.7. The molecule has 2 heterocycles. The van der Waals surface area contributed by atoms with Crippen LogP contribution in [0.5, 0.6) is 12.0 Å². The molecular weight excluding hydrogens is 1020 g/mol. The smallest absolute Gasteiger partial charge is 0.422 e. The first-order valence-corrected chi connectivity index (χ1v) is 22.0. The summed E-state index contributed by atoms with van der Waals surface area (Å²) in [5.74, 6) is -3.19. The fraction of sp³-hybridized carbons (Fsp3) is 0.244. The number of hydrogen-bond donors (Lipinski definition) is 9. The minimum atomic E-state index is -4.61. The summed E-state index contributed by atoms with van der Waals surface area (Å²) < 4.78 is 85.0. The van der Waals surface area contributed by atoms with Gasteiger partial charge in [0, 0.05) is 46.5 Å². The highest BCUT2D eigenvalue weighted by Crippen LogP contribution is 2.23. The van der Waals surface area contributed by atoms with Gasteiger partial charge in [-0.15, -0.1) is 0 Å². The van der Waals surface area contributed by atoms with Crippen molar-refractivity contribution in [3.63, 3.8) is 0 Å². The number of halogens is 8. The number of hydrogen-bond acceptors (Lipinski definition) is 16. The first-order chi connectivity index (χ1) is 34.5. The second-order valence-electron chi connectivity index (χ2n) is 15.1. The quantitative estimate of drug-likeness (QED) is 0.0125. The van der Waals surface area contributed by atoms with E-state index in [0.29, 0.717) is 40.7 Å². The Morgan fingerprint density at radius 1 is 0.603 bits per heavy atom. The predicted molar refractivity (Wildman–Crippen MR) is 256 cm³/mol. The number of unbranched alkanes of at least 4 members (excludes halogenated alkanes) is 1. The Balaban J connectivity index is 0.000000283. The molecule has 0 aliphatic rings. The maximum atomic E-state index is 12.7. The summed E-state index contributed by atoms with van der Waals surface area (Å²) in [4.78, 5) is 58.8. The van der Waals surface area contributed by atoms with Crippen LogP contribution in [0.25, 0.3) is 0 Å². The molecule has 0 bridgehead atoms. The number of ether oxygens (including phenoxy) is 2. The average Bonchev–Trinajstić information content (AvgIpc) is 3.33. The van der Waals surface area contributed by atoms with Gasteiger partial charge in [0.15, 0.2) is 13.2 Å². The van der Waals surface area contributed by atoms with E-state index < -0.39 is 61.5 Å². The average molecular weight is 1060 g/mol. The molecule has 0 unspecified atom stereocenters. The highest BCUT2D eigenvalue weighted by molar-refractivity contribution is 6.30. The van der Waals surface area contributed by atoms with Crippen LogP contribution in [0.1, 0.15) is 57.5 Å². The van der Waals surface area contributed by atoms with E-state index in [1.807, 2.05) is 0 Å². The van der Waals surface area contributed by atoms with Crippen LogP contribution in [0.4, 0.5) is 61.5 Å². The van der Waals surface area contributed by atoms with Gasteiger partial charge in [-0.05, 0) is 96.8 Å². The third kappa shape index (κ3) is 20.5. The Kier molecular flexibility index (Phi) is 20.0. The number of aromatic nitrogens is 6. The number of carboxylic acids is 2. The van der Waals surface area contributed by atoms with Gasteiger partial charge in [0.05, 0.1) is 11.4 Å². The molecule has 0 spiro atoms. The van der Waals surface area contributed by atoms with Gasteiger partial charge in [0.25, 0.3) is 5.91 Å². The number of carbonyl (C=O) groups excluding carboxylic acids is 1. The summed E-state index contributed by atoms with van der Waals surface area (Å²) in [6.45, 7) is -2.67. The molecule has 0 radical (unpaired) electrons. The fourth-order valence-electron chi connectivity index (χ4n) is 5.79. The van der Waals surface area contributed by atoms with Crippen LogP contribution in [0.3, 0.4) is 0 Å². The molecular formula is C45H43Cl2F6N13O7. The molecule has 6 rings (SSSR count). The molecule has 10 N–H and O–H groups in total. The van der Waals surface area contributed by atoms with Crippen LogP contribution < -0.4 is 41.8 Å². The van der Waals surface area contributed by atoms with Gasteiger partial charge in [-0.3, -0.25) is 10.2 Å². The van der Waals surface area contributed by atoms with E-state index in [-0.39, 0.29) is 60.3 Å². The van der Waals surface area contributed by atoms with Gasteiger partial charge in [0.2, 0.25) is 23.8 Å². The number of carbonyl (C=O) groups is 3. The van der Waals surface area contributed by atoms with Gasteiger partial charge in [0.1, 0.15) is 6.04 Å². The number of alkyl halides is 6. The zero-order valence-corrected chi connectivity index (χ0v) is 39.2. The van der Waals surface area contributed by atoms with E-state index in [1.54, 1.807) is 48.5 Å². The lowest BCUT2D eigenvalue weighted by Crippen LogP contribution is -2.40. The topological polar surface area (TPSA) is 297 Å². The number of aromatic carboxylic acids is 1. The molecule has 386 valence electrons. The van der Waals surface area contributed by atoms with Crippen LogP contribution in [0, 0.1) is 5.41 Å². The molecule has 0 saturated carbocycles. The van der Waals surface area contributed by atoms with E-state index in [0.717, 1.165) is 11.1 Å². The van der Waals surface area contributed by atoms with Gasteiger partial charge >= 0.3 is 36.3 Å². The molecule has 2 aromatic heterocycles. The number of nitrogens with one attached hydrogen (secondary N) is 6. The van der Waals surface area contributed by atoms with Gasteiger partial charge in [-0.25, -0.2) is 9.59 Å². The number of amides is 1. The second kappa shape index (κ2) is 26.3. The highest BCUT2D eigenvalue weighted by atomic mass is 35.5. The fourth-order valence-corrected chi connectivity index (χ4v) is 6.05. The van der Waals surface area contributed by atoms with Crippen molar-refractivity contribution in [3.05, 3.63) is 129 Å². The van der Waals surface area contributed by atoms with E-state index >= 15 is 0 Å². The number of benzene rings is 4. The number of nitrogens with two attached hydrogens (primary N) is 1. The molecule has 28 heteroatoms. The molecule has 73 heavy (non-hydrogen) atoms. The van der Waals surface area contributed by atoms with Gasteiger partial charge in [-0.1, -0.05) is 53.9 Å². The molecule has 6 aromatic rings. The summed E-state index contributed by atoms with van der Waals surface area (Å²) in [6, 6.07) is 23.0. The molecule has 0 fully saturated rings. The lowest BCUT2D eigenvalue weighted by molar-refractivity contribution is -0.155. The van der Waals surface area contributed by atoms with E-state index in [2.05, 4.69) is 61.2 Å². The van der Waals surface area contributed by atoms with Crippen LogP contribution in [-0.2, 0) is 17.9 Å². The Morgan fingerprint density at radius 2 is 1.01 bits per heavy atom. The number of anilines is 6. The maximum Gasteiger partial charge on any atom is 0.422 e. The molecule has 20 nitrogen and oxygen atoms in total. The highest BCUT2D eigenvalue weighted by Gasteiger charge is 2.30. The van der Waals surface area contributed by atoms with E-state index in [9.17, 15) is 45.8 Å². The van der Waals surface area contributed by atoms with Crippen molar-refractivity contribution in [2.45, 2.75) is 57.2 Å². The first-order valence-electron chi connectivity index (χ1n) is 21.3. The van der Waals surface area contributed by atoms with Crippen LogP contribution >= 0.6 is 23.2 Å². The SMILES string of the molecule is N=C(N)CCCC[C@H](NC(=O)c1ccc(Nc2nc(NCc3ccc(Cl)cc3)nc(OCC(F)(F)F)n2)cc1)C(=O)O.O=C(O)c1ccc(Nc2nc(NCc3ccc(Cl)cc3)nc(OCC(F)(F)F)n2)cc1. The number of rotatable bonds is 23. The second-order valence-corrected chi connectivity index (χ2v) is 16.0. The summed E-state index contributed by atoms with van der Waals surface area (Å²) in [7, 11) is 0. The number of aliphatic carboxylic acids is 1. The summed E-state index contributed by atoms with van der Waals surface area (Å²) in [6.07, 6.45) is -7.69. The minimum Gasteiger partial charge on any atom is -0.480 e. The number of amidine groups is 1. The Hall–Kier alpha value is -8.26. The van der Waals surface area contributed by atoms with Crippen molar-refractivity contribution in [1.82, 2.24) is 35.2 Å². The predicted octanol–water partition coefficient (Wildman–Crippen LogP) is 9.02. The van der Waals surface area contributed by atoms with Crippen LogP contribution in [-0.4, -0.2) is 95.4 Å². The normalized spacial score (nSPS) is 11.5. The van der Waals surface area contributed by atoms with Crippen molar-refractivity contribution in [2.75, 3.05) is 34.5 Å². The number of carboxylic acid groups (broad SMARTS) is 2. The monoisotopic (exact) mass is 1060 g/mol. The van der Waals surface area contributed by atoms with Gasteiger partial charge in [-0.2, -0.15) is 56.2 Å². The summed E-state index contributed by atoms with van der Waals surface area (Å²) in [5.41, 5.74) is 7.98. The van der Waals surface area contributed by atoms with Gasteiger partial charge < -0.3 is 52.0 Å². The lowest BCUT2D eigenvalue weighted by Gasteiger charge is -2.15. The van der Waals surface area contributed by atoms with Crippen LogP contribution in [0.2, 0.25) is 10.0 Å². The number of nitrogens with zero attached hydrogens (tertiary/aromatic N) is 6. The first kappa shape index (κ1) is 55.7. The van der Waals surface area contributed by atoms with E-state index in [1.165, 1.54) is 48.5 Å². The van der Waals surface area contributed by atoms with Crippen molar-refractivity contribution >= 4 is 82.1 Å². The standard InChI is InChI=1S/C26H28ClF3N8O4.C19H15ClF3N5O3/c27-17-9-5-15(6-10-17)13-33-23-36-24(38-25(37-23)42-14-26(28,29)30)34-18-11-7-16(8-12-18)21(39)35-19(22(40)41)3-1-2-4-20(31)32;20-13-5-1-11(2-6-13)9-24-16-26-17(28-18(27-16)31-10-19(21,22)23)25-14-7-3-12(4-8-14)15(29)30/h5-12,19H,1-4,13-14H2,(H3,31,32)(H,35,39)(H,40,41)(H2,33,34,36,37,38);1-8H,9-10H2,(H,29,30)(H2,24,25,26,27,28)/t19-;/m0./s1. The Labute approximate surface area is 420 Å². The Bertz CT molecular complexity index is 2800. The molecule has 1 atom stereocenters. The zero-order chi connectivity index (χ0) is 53.1. The summed E-state index contributed by atoms with van der Waals surface area (Å²) in [5, 5.41) is 40.6. The Morgan fingerprint density at radius 3 is 1.40 bits per heavy atom. The molecule has 1 amide bonds. The molecule has 4 aromatic carbocycles. The van der Waals surface area contributed by atoms with Crippen molar-refractivity contribution in [3.8, 4) is 12.0 Å². The van der Waals surface area contributed by atoms with E-state index in [4.69, 9.17) is 44.2 Å². The van der Waals surface area contributed by atoms with Crippen molar-refractivity contribution < 1.29 is 60.4 Å². The maximum absolute atomic E-state index is 12.7. The third-order valence-corrected chi connectivity index (χ3v) is 9.77. The molecule has 0 aliphatic heterocycles. The lowest BCUT2D eigenvalue weighted by atomic mass is 10.1. The third-order valence-electron chi connectivity index (χ3n) is 9.27. The van der Waals surface area contributed by atoms with Crippen LogP contribution in [0.15, 0.2) is 97.1 Å². The van der Waals surface area contributed by atoms with Crippen molar-refractivity contribution in [2.24, 2.45) is 5.73 Å². The largest absolute Gasteiger partial charge is 0.480 e. The van der Waals surface area contributed by atoms with Crippen molar-refractivity contribution in [1.29, 1.82) is 5.41 Å². The minimum absolute atomic E-state index is 0.00672. The zero-order valence-electron chi connectivity index (χ0n) is 37.7. The molecule has 0 aliphatic carbocycles.